The Bertz CT molecular complexity index is 2110. The second-order valence-electron chi connectivity index (χ2n) is 22.1. The molecule has 17 N–H and O–H groups in total. The van der Waals surface area contributed by atoms with Gasteiger partial charge in [0.1, 0.15) is 189 Å². The normalized spacial score (nSPS) is 52.9. The number of hydrogen-bond acceptors (Lipinski definition) is 33. The van der Waals surface area contributed by atoms with Gasteiger partial charge in [0.15, 0.2) is 44.0 Å². The number of hydrogen-bond donors (Lipinski definition) is 17. The maximum Gasteiger partial charge on any atom is 0.187 e. The van der Waals surface area contributed by atoms with E-state index in [1.54, 1.807) is 0 Å². The molecule has 40 heteroatoms. The monoisotopic (exact) mass is 1420 g/mol. The SMILES string of the molecule is CC(O)C(O)C1OC2OC(CCl)C(OC3OC(CO)C(OC4OC(CCl)C(OC5OC(CCl)C(OC6OC(CCl)C(OC7OC(CCl)C(OC8OC(CCl)C(OOC1CCl)C(O)C8O)C(O)C7O)C(O)C6O)C(O)C5O)C(O)C4O)C(O)C3O)C(O)C2O. The van der Waals surface area contributed by atoms with Crippen LogP contribution in [0.4, 0.5) is 0 Å². The van der Waals surface area contributed by atoms with Crippen LogP contribution in [-0.2, 0) is 76.1 Å². The Balaban J connectivity index is 1.07. The summed E-state index contributed by atoms with van der Waals surface area (Å²) in [5.74, 6) is -3.98. The Hall–Kier alpha value is 0.710. The lowest BCUT2D eigenvalue weighted by Crippen LogP contribution is -2.68. The zero-order valence-electron chi connectivity index (χ0n) is 46.0. The molecule has 14 bridgehead atoms. The third kappa shape index (κ3) is 15.7. The summed E-state index contributed by atoms with van der Waals surface area (Å²) in [7, 11) is 0. The number of aliphatic hydroxyl groups is 17. The average molecular weight is 1430 g/mol. The minimum Gasteiger partial charge on any atom is -0.394 e. The van der Waals surface area contributed by atoms with Crippen molar-refractivity contribution in [2.75, 3.05) is 47.8 Å². The molecule has 18 aliphatic heterocycles. The van der Waals surface area contributed by atoms with E-state index in [0.717, 1.165) is 6.92 Å². The van der Waals surface area contributed by atoms with E-state index in [0.29, 0.717) is 0 Å². The average Bonchev–Trinajstić information content (AvgIpc) is 2.86. The molecule has 18 aliphatic rings. The molecule has 0 aromatic heterocycles. The van der Waals surface area contributed by atoms with Crippen molar-refractivity contribution in [1.82, 2.24) is 0 Å². The number of rotatable bonds is 10. The fourth-order valence-electron chi connectivity index (χ4n) is 11.2. The van der Waals surface area contributed by atoms with Crippen LogP contribution in [-0.4, -0.2) is 374 Å². The minimum absolute atomic E-state index is 0.535. The Kier molecular flexibility index (Phi) is 27.8. The highest BCUT2D eigenvalue weighted by atomic mass is 35.5. The van der Waals surface area contributed by atoms with Gasteiger partial charge in [0.05, 0.1) is 53.9 Å². The number of ether oxygens (including phenoxy) is 14. The van der Waals surface area contributed by atoms with E-state index < -0.39 is 287 Å². The molecule has 18 fully saturated rings. The highest BCUT2D eigenvalue weighted by Crippen LogP contribution is 2.39. The number of alkyl halides is 7. The molecule has 0 aromatic carbocycles. The van der Waals surface area contributed by atoms with Gasteiger partial charge in [0.2, 0.25) is 0 Å². The lowest BCUT2D eigenvalue weighted by atomic mass is 9.95. The Labute approximate surface area is 535 Å². The lowest BCUT2D eigenvalue weighted by Gasteiger charge is -2.50. The summed E-state index contributed by atoms with van der Waals surface area (Å²) in [6.07, 6.45) is -73.2. The van der Waals surface area contributed by atoms with Crippen molar-refractivity contribution in [3.05, 3.63) is 0 Å². The van der Waals surface area contributed by atoms with Crippen LogP contribution in [0.2, 0.25) is 0 Å². The van der Waals surface area contributed by atoms with Crippen molar-refractivity contribution in [2.24, 2.45) is 0 Å². The molecule has 39 atom stereocenters. The van der Waals surface area contributed by atoms with Gasteiger partial charge in [-0.1, -0.05) is 0 Å². The van der Waals surface area contributed by atoms with Crippen LogP contribution in [0.1, 0.15) is 6.92 Å². The summed E-state index contributed by atoms with van der Waals surface area (Å²) >= 11 is 43.9. The van der Waals surface area contributed by atoms with E-state index in [9.17, 15) is 86.8 Å². The van der Waals surface area contributed by atoms with Gasteiger partial charge in [-0.15, -0.1) is 81.2 Å². The first-order valence-electron chi connectivity index (χ1n) is 27.7. The minimum atomic E-state index is -2.18. The Morgan fingerprint density at radius 2 is 0.466 bits per heavy atom. The van der Waals surface area contributed by atoms with Crippen LogP contribution >= 0.6 is 81.2 Å². The standard InChI is InChI=1S/C48H75Cl7O33/c1-10(57)19(58)39-17(8-55)87-88-41-16(7-54)78-47(33(72)26(41)65)83-37-13(4-51)75-44(29(68)22(37)61)81-35-11(2-49)73-42(27(66)20(35)59)80-34-12(3-50)74-43(28(67)21(34)60)82-36-14(5-52)77-46(31(70)24(36)63)86-40-18(9-56)79-48(32(71)25(40)64)84-38-15(6-53)76-45(85-39)30(69)23(38)62/h10-48,56-72H,2-9H2,1H3. The fraction of sp³-hybridized carbons (Fsp3) is 1.00. The van der Waals surface area contributed by atoms with Crippen LogP contribution in [0.3, 0.4) is 0 Å². The highest BCUT2D eigenvalue weighted by molar-refractivity contribution is 6.19. The largest absolute Gasteiger partial charge is 0.394 e. The molecular weight excluding hydrogens is 1350 g/mol. The summed E-state index contributed by atoms with van der Waals surface area (Å²) in [4.78, 5) is 11.1. The van der Waals surface area contributed by atoms with Gasteiger partial charge in [-0.25, -0.2) is 9.78 Å². The van der Waals surface area contributed by atoms with E-state index in [2.05, 4.69) is 0 Å². The molecule has 33 nitrogen and oxygen atoms in total. The van der Waals surface area contributed by atoms with Crippen LogP contribution in [0.25, 0.3) is 0 Å². The molecule has 88 heavy (non-hydrogen) atoms. The Morgan fingerprint density at radius 3 is 0.693 bits per heavy atom. The molecule has 0 radical (unpaired) electrons. The summed E-state index contributed by atoms with van der Waals surface area (Å²) in [5.41, 5.74) is 0. The van der Waals surface area contributed by atoms with Crippen LogP contribution < -0.4 is 0 Å². The first kappa shape index (κ1) is 74.5. The zero-order valence-corrected chi connectivity index (χ0v) is 51.2. The molecule has 0 aromatic rings. The van der Waals surface area contributed by atoms with E-state index >= 15 is 0 Å². The third-order valence-electron chi connectivity index (χ3n) is 16.3. The molecule has 18 heterocycles. The molecule has 0 amide bonds. The molecule has 514 valence electrons. The zero-order chi connectivity index (χ0) is 64.5. The first-order valence-corrected chi connectivity index (χ1v) is 31.5. The molecule has 0 aliphatic carbocycles. The molecule has 0 saturated carbocycles. The first-order chi connectivity index (χ1) is 41.8. The molecular formula is C48H75Cl7O33. The van der Waals surface area contributed by atoms with Gasteiger partial charge in [0, 0.05) is 0 Å². The van der Waals surface area contributed by atoms with Crippen molar-refractivity contribution in [2.45, 2.75) is 246 Å². The third-order valence-corrected chi connectivity index (χ3v) is 18.4. The Morgan fingerprint density at radius 1 is 0.261 bits per heavy atom. The second-order valence-corrected chi connectivity index (χ2v) is 24.2. The lowest BCUT2D eigenvalue weighted by molar-refractivity contribution is -0.426. The quantitative estimate of drug-likeness (QED) is 0.0713. The van der Waals surface area contributed by atoms with Gasteiger partial charge < -0.3 is 153 Å². The predicted molar refractivity (Wildman–Crippen MR) is 288 cm³/mol. The highest BCUT2D eigenvalue weighted by Gasteiger charge is 2.59. The maximum atomic E-state index is 11.6. The molecule has 0 spiro atoms. The molecule has 39 unspecified atom stereocenters. The summed E-state index contributed by atoms with van der Waals surface area (Å²) in [6, 6.07) is 0. The van der Waals surface area contributed by atoms with Gasteiger partial charge in [-0.2, -0.15) is 0 Å². The van der Waals surface area contributed by atoms with Gasteiger partial charge in [0.25, 0.3) is 0 Å². The smallest absolute Gasteiger partial charge is 0.187 e. The van der Waals surface area contributed by atoms with Crippen molar-refractivity contribution in [3.8, 4) is 0 Å². The van der Waals surface area contributed by atoms with Crippen molar-refractivity contribution >= 4 is 81.2 Å². The molecule has 18 rings (SSSR count). The fourth-order valence-corrected chi connectivity index (χ4v) is 12.9. The van der Waals surface area contributed by atoms with Gasteiger partial charge in [-0.05, 0) is 6.92 Å². The van der Waals surface area contributed by atoms with E-state index in [4.69, 9.17) is 157 Å². The van der Waals surface area contributed by atoms with E-state index in [-0.39, 0.29) is 0 Å². The number of aliphatic hydroxyl groups excluding tert-OH is 17. The van der Waals surface area contributed by atoms with E-state index in [1.807, 2.05) is 0 Å². The van der Waals surface area contributed by atoms with Crippen LogP contribution in [0.15, 0.2) is 0 Å². The molecule has 18 saturated heterocycles. The number of halogens is 7. The summed E-state index contributed by atoms with van der Waals surface area (Å²) in [6.45, 7) is 0.110. The van der Waals surface area contributed by atoms with E-state index in [1.165, 1.54) is 0 Å². The van der Waals surface area contributed by atoms with Crippen molar-refractivity contribution in [3.63, 3.8) is 0 Å². The van der Waals surface area contributed by atoms with Gasteiger partial charge >= 0.3 is 0 Å². The predicted octanol–water partition coefficient (Wildman–Crippen LogP) is -8.09. The maximum absolute atomic E-state index is 11.6. The second kappa shape index (κ2) is 32.8. The summed E-state index contributed by atoms with van der Waals surface area (Å²) < 4.78 is 82.1. The van der Waals surface area contributed by atoms with Crippen LogP contribution in [0.5, 0.6) is 0 Å². The van der Waals surface area contributed by atoms with Crippen molar-refractivity contribution < 1.29 is 163 Å². The van der Waals surface area contributed by atoms with Gasteiger partial charge in [-0.3, -0.25) is 0 Å². The number of fused-ring (bicyclic) bond motifs is 1. The van der Waals surface area contributed by atoms with Crippen molar-refractivity contribution in [1.29, 1.82) is 0 Å². The van der Waals surface area contributed by atoms with Crippen LogP contribution in [0, 0.1) is 0 Å². The summed E-state index contributed by atoms with van der Waals surface area (Å²) in [5, 5.41) is 193. The topological polar surface area (TPSA) is 492 Å².